The molecular formula is C14H22ClN5O8. The van der Waals surface area contributed by atoms with E-state index >= 15 is 0 Å². The van der Waals surface area contributed by atoms with E-state index in [0.717, 1.165) is 0 Å². The van der Waals surface area contributed by atoms with Crippen LogP contribution in [0.5, 0.6) is 0 Å². The van der Waals surface area contributed by atoms with Crippen molar-refractivity contribution in [3.05, 3.63) is 0 Å². The zero-order chi connectivity index (χ0) is 21.7. The number of carbonyl (C=O) groups is 4. The third-order valence-electron chi connectivity index (χ3n) is 3.84. The zero-order valence-corrected chi connectivity index (χ0v) is 16.0. The van der Waals surface area contributed by atoms with Gasteiger partial charge >= 0.3 is 12.3 Å². The molecule has 0 saturated carbocycles. The lowest BCUT2D eigenvalue weighted by Crippen LogP contribution is -2.53. The Morgan fingerprint density at radius 2 is 1.29 bits per heavy atom. The molecule has 0 bridgehead atoms. The second kappa shape index (κ2) is 14.3. The molecule has 13 nitrogen and oxygen atoms in total. The number of carbonyl (C=O) groups excluding carboxylic acids is 8. The van der Waals surface area contributed by atoms with Gasteiger partial charge < -0.3 is 5.73 Å². The molecule has 2 atom stereocenters. The highest BCUT2D eigenvalue weighted by Gasteiger charge is 2.44. The molecule has 4 amide bonds. The summed E-state index contributed by atoms with van der Waals surface area (Å²) in [5.74, 6) is 3.96. The second-order valence-electron chi connectivity index (χ2n) is 5.36. The molecule has 2 saturated heterocycles. The van der Waals surface area contributed by atoms with Crippen LogP contribution in [-0.2, 0) is 38.4 Å². The van der Waals surface area contributed by atoms with Crippen molar-refractivity contribution in [1.29, 1.82) is 0 Å². The van der Waals surface area contributed by atoms with E-state index in [2.05, 4.69) is 16.1 Å². The molecule has 14 heteroatoms. The number of hydrazine groups is 1. The SMILES string of the molecule is CCC1(N)CC(=O)NC1=O.CCC1(NN)CC(=O)NC1=O.Cl.O=C=O.O=C=O. The Hall–Kier alpha value is -2.79. The highest BCUT2D eigenvalue weighted by atomic mass is 35.5. The van der Waals surface area contributed by atoms with Crippen molar-refractivity contribution in [2.75, 3.05) is 0 Å². The number of nitrogens with two attached hydrogens (primary N) is 2. The number of rotatable bonds is 3. The highest BCUT2D eigenvalue weighted by molar-refractivity contribution is 6.08. The summed E-state index contributed by atoms with van der Waals surface area (Å²) in [7, 11) is 0. The van der Waals surface area contributed by atoms with Crippen LogP contribution in [0.25, 0.3) is 0 Å². The van der Waals surface area contributed by atoms with Crippen molar-refractivity contribution in [1.82, 2.24) is 16.1 Å². The number of imide groups is 2. The molecule has 0 aliphatic carbocycles. The molecule has 158 valence electrons. The fourth-order valence-corrected chi connectivity index (χ4v) is 2.10. The van der Waals surface area contributed by atoms with Gasteiger partial charge in [-0.25, -0.2) is 5.43 Å². The van der Waals surface area contributed by atoms with Crippen LogP contribution >= 0.6 is 12.4 Å². The van der Waals surface area contributed by atoms with E-state index in [1.54, 1.807) is 13.8 Å². The lowest BCUT2D eigenvalue weighted by Gasteiger charge is -2.21. The average Bonchev–Trinajstić information content (AvgIpc) is 3.04. The first-order valence-electron chi connectivity index (χ1n) is 7.50. The van der Waals surface area contributed by atoms with Gasteiger partial charge in [-0.15, -0.1) is 12.4 Å². The first-order valence-corrected chi connectivity index (χ1v) is 7.50. The van der Waals surface area contributed by atoms with Gasteiger partial charge in [0.2, 0.25) is 23.6 Å². The van der Waals surface area contributed by atoms with Gasteiger partial charge in [-0.3, -0.25) is 35.7 Å². The van der Waals surface area contributed by atoms with Gasteiger partial charge in [0.25, 0.3) is 0 Å². The van der Waals surface area contributed by atoms with Crippen molar-refractivity contribution < 1.29 is 38.4 Å². The summed E-state index contributed by atoms with van der Waals surface area (Å²) in [6.07, 6.45) is 1.78. The summed E-state index contributed by atoms with van der Waals surface area (Å²) >= 11 is 0. The normalized spacial score (nSPS) is 24.3. The van der Waals surface area contributed by atoms with Crippen LogP contribution in [0.4, 0.5) is 0 Å². The van der Waals surface area contributed by atoms with E-state index in [9.17, 15) is 19.2 Å². The van der Waals surface area contributed by atoms with Gasteiger partial charge in [0.1, 0.15) is 11.1 Å². The average molecular weight is 424 g/mol. The minimum atomic E-state index is -0.933. The predicted octanol–water partition coefficient (Wildman–Crippen LogP) is -2.96. The summed E-state index contributed by atoms with van der Waals surface area (Å²) in [6.45, 7) is 3.59. The van der Waals surface area contributed by atoms with Crippen molar-refractivity contribution >= 4 is 48.3 Å². The van der Waals surface area contributed by atoms with Gasteiger partial charge in [0.05, 0.1) is 12.8 Å². The molecule has 7 N–H and O–H groups in total. The molecule has 2 fully saturated rings. The maximum atomic E-state index is 11.1. The molecular weight excluding hydrogens is 402 g/mol. The molecule has 2 unspecified atom stereocenters. The molecule has 0 spiro atoms. The minimum Gasteiger partial charge on any atom is -0.317 e. The summed E-state index contributed by atoms with van der Waals surface area (Å²) in [6, 6.07) is 0. The van der Waals surface area contributed by atoms with E-state index in [4.69, 9.17) is 30.8 Å². The monoisotopic (exact) mass is 423 g/mol. The number of amides is 4. The van der Waals surface area contributed by atoms with Crippen molar-refractivity contribution in [3.8, 4) is 0 Å². The van der Waals surface area contributed by atoms with Gasteiger partial charge in [0, 0.05) is 0 Å². The largest absolute Gasteiger partial charge is 0.373 e. The zero-order valence-electron chi connectivity index (χ0n) is 15.2. The van der Waals surface area contributed by atoms with Gasteiger partial charge in [-0.1, -0.05) is 13.8 Å². The number of halogens is 1. The third-order valence-corrected chi connectivity index (χ3v) is 3.84. The second-order valence-corrected chi connectivity index (χ2v) is 5.36. The Labute approximate surface area is 165 Å². The molecule has 28 heavy (non-hydrogen) atoms. The molecule has 0 aromatic heterocycles. The lowest BCUT2D eigenvalue weighted by atomic mass is 9.95. The highest BCUT2D eigenvalue weighted by Crippen LogP contribution is 2.19. The topological polar surface area (TPSA) is 225 Å². The first-order chi connectivity index (χ1) is 12.6. The Bertz CT molecular complexity index is 628. The maximum Gasteiger partial charge on any atom is 0.373 e. The smallest absolute Gasteiger partial charge is 0.317 e. The quantitative estimate of drug-likeness (QED) is 0.175. The van der Waals surface area contributed by atoms with Crippen LogP contribution in [0, 0.1) is 0 Å². The van der Waals surface area contributed by atoms with Crippen LogP contribution in [0.15, 0.2) is 0 Å². The standard InChI is InChI=1S/C6H11N3O2.C6H10N2O2.2CO2.ClH/c1-2-6(9-7)3-4(10)8-5(6)11;1-2-6(7)3-4(9)8-5(6)10;2*2-1-3;/h9H,2-3,7H2,1H3,(H,8,10,11);2-3,7H2,1H3,(H,8,9,10);;;1H. The van der Waals surface area contributed by atoms with Gasteiger partial charge in [-0.2, -0.15) is 19.2 Å². The van der Waals surface area contributed by atoms with Crippen molar-refractivity contribution in [2.24, 2.45) is 11.6 Å². The summed E-state index contributed by atoms with van der Waals surface area (Å²) < 4.78 is 0. The van der Waals surface area contributed by atoms with Gasteiger partial charge in [0.15, 0.2) is 0 Å². The van der Waals surface area contributed by atoms with E-state index in [-0.39, 0.29) is 61.2 Å². The molecule has 0 aromatic carbocycles. The molecule has 2 heterocycles. The minimum absolute atomic E-state index is 0. The van der Waals surface area contributed by atoms with Gasteiger partial charge in [-0.05, 0) is 12.8 Å². The Morgan fingerprint density at radius 1 is 0.893 bits per heavy atom. The van der Waals surface area contributed by atoms with E-state index < -0.39 is 11.1 Å². The molecule has 0 aromatic rings. The number of hydrogen-bond donors (Lipinski definition) is 5. The fourth-order valence-electron chi connectivity index (χ4n) is 2.10. The van der Waals surface area contributed by atoms with Crippen LogP contribution in [0.3, 0.4) is 0 Å². The molecule has 2 aliphatic heterocycles. The van der Waals surface area contributed by atoms with Crippen molar-refractivity contribution in [3.63, 3.8) is 0 Å². The van der Waals surface area contributed by atoms with Crippen LogP contribution in [0.2, 0.25) is 0 Å². The van der Waals surface area contributed by atoms with Crippen LogP contribution < -0.4 is 27.6 Å². The molecule has 0 radical (unpaired) electrons. The third kappa shape index (κ3) is 8.73. The first kappa shape index (κ1) is 30.0. The van der Waals surface area contributed by atoms with Crippen LogP contribution in [0.1, 0.15) is 39.5 Å². The Kier molecular flexibility index (Phi) is 15.3. The summed E-state index contributed by atoms with van der Waals surface area (Å²) in [5.41, 5.74) is 6.14. The van der Waals surface area contributed by atoms with E-state index in [1.807, 2.05) is 0 Å². The fraction of sp³-hybridized carbons (Fsp3) is 0.571. The summed E-state index contributed by atoms with van der Waals surface area (Å²) in [4.78, 5) is 75.9. The Balaban J connectivity index is -0.000000341. The molecule has 2 aliphatic rings. The number of nitrogens with one attached hydrogen (secondary N) is 3. The van der Waals surface area contributed by atoms with Crippen molar-refractivity contribution in [2.45, 2.75) is 50.6 Å². The van der Waals surface area contributed by atoms with E-state index in [0.29, 0.717) is 12.8 Å². The predicted molar refractivity (Wildman–Crippen MR) is 90.3 cm³/mol. The lowest BCUT2D eigenvalue weighted by molar-refractivity contribution is -0.193. The summed E-state index contributed by atoms with van der Waals surface area (Å²) in [5, 5.41) is 4.34. The van der Waals surface area contributed by atoms with E-state index in [1.165, 1.54) is 0 Å². The molecule has 2 rings (SSSR count). The Morgan fingerprint density at radius 3 is 1.43 bits per heavy atom. The number of hydrogen-bond acceptors (Lipinski definition) is 11. The van der Waals surface area contributed by atoms with Crippen LogP contribution in [-0.4, -0.2) is 47.0 Å². The maximum absolute atomic E-state index is 11.1.